The van der Waals surface area contributed by atoms with Crippen molar-refractivity contribution in [2.45, 2.75) is 6.42 Å². The second-order valence-corrected chi connectivity index (χ2v) is 3.60. The minimum Gasteiger partial charge on any atom is -0.497 e. The summed E-state index contributed by atoms with van der Waals surface area (Å²) in [7, 11) is 1.62. The number of ether oxygens (including phenoxy) is 1. The number of nitrogens with zero attached hydrogens (tertiary/aromatic N) is 2. The molecule has 0 aliphatic heterocycles. The molecule has 90 valence electrons. The Morgan fingerprint density at radius 3 is 3.00 bits per heavy atom. The predicted molar refractivity (Wildman–Crippen MR) is 66.0 cm³/mol. The fraction of sp³-hybridized carbons (Fsp3) is 0.273. The SMILES string of the molecule is COc1cc(N)cc(NCCc2ncn[nH]2)c1. The first-order valence-electron chi connectivity index (χ1n) is 5.30. The van der Waals surface area contributed by atoms with Crippen molar-refractivity contribution in [1.29, 1.82) is 0 Å². The number of rotatable bonds is 5. The lowest BCUT2D eigenvalue weighted by Gasteiger charge is -2.08. The van der Waals surface area contributed by atoms with Crippen LogP contribution in [-0.4, -0.2) is 28.8 Å². The summed E-state index contributed by atoms with van der Waals surface area (Å²) >= 11 is 0. The average Bonchev–Trinajstić information content (AvgIpc) is 2.81. The molecule has 1 aromatic heterocycles. The van der Waals surface area contributed by atoms with Crippen LogP contribution < -0.4 is 15.8 Å². The van der Waals surface area contributed by atoms with E-state index in [0.29, 0.717) is 5.69 Å². The van der Waals surface area contributed by atoms with Crippen LogP contribution in [-0.2, 0) is 6.42 Å². The Labute approximate surface area is 99.2 Å². The molecule has 0 spiro atoms. The van der Waals surface area contributed by atoms with Crippen LogP contribution in [0.4, 0.5) is 11.4 Å². The van der Waals surface area contributed by atoms with Crippen LogP contribution in [0.5, 0.6) is 5.75 Å². The standard InChI is InChI=1S/C11H15N5O/c1-17-10-5-8(12)4-9(6-10)13-3-2-11-14-7-15-16-11/h4-7,13H,2-3,12H2,1H3,(H,14,15,16). The summed E-state index contributed by atoms with van der Waals surface area (Å²) in [5.74, 6) is 1.60. The van der Waals surface area contributed by atoms with Crippen molar-refractivity contribution < 1.29 is 4.74 Å². The maximum atomic E-state index is 5.75. The van der Waals surface area contributed by atoms with Gasteiger partial charge in [-0.1, -0.05) is 0 Å². The first-order chi connectivity index (χ1) is 8.28. The molecule has 17 heavy (non-hydrogen) atoms. The number of nitrogens with one attached hydrogen (secondary N) is 2. The maximum absolute atomic E-state index is 5.75. The lowest BCUT2D eigenvalue weighted by Crippen LogP contribution is -2.06. The van der Waals surface area contributed by atoms with Gasteiger partial charge in [0.05, 0.1) is 7.11 Å². The summed E-state index contributed by atoms with van der Waals surface area (Å²) in [5.41, 5.74) is 7.36. The van der Waals surface area contributed by atoms with Crippen LogP contribution in [0.3, 0.4) is 0 Å². The fourth-order valence-electron chi connectivity index (χ4n) is 1.52. The molecule has 1 heterocycles. The zero-order valence-electron chi connectivity index (χ0n) is 9.60. The molecule has 0 radical (unpaired) electrons. The number of aromatic nitrogens is 3. The van der Waals surface area contributed by atoms with Gasteiger partial charge in [-0.2, -0.15) is 5.10 Å². The van der Waals surface area contributed by atoms with Gasteiger partial charge in [0.25, 0.3) is 0 Å². The normalized spacial score (nSPS) is 10.2. The largest absolute Gasteiger partial charge is 0.497 e. The second kappa shape index (κ2) is 5.20. The van der Waals surface area contributed by atoms with Crippen LogP contribution in [0.25, 0.3) is 0 Å². The highest BCUT2D eigenvalue weighted by atomic mass is 16.5. The van der Waals surface area contributed by atoms with Crippen LogP contribution in [0, 0.1) is 0 Å². The summed E-state index contributed by atoms with van der Waals surface area (Å²) in [6, 6.07) is 5.54. The Kier molecular flexibility index (Phi) is 3.44. The van der Waals surface area contributed by atoms with Gasteiger partial charge >= 0.3 is 0 Å². The third-order valence-corrected chi connectivity index (χ3v) is 2.32. The molecule has 0 atom stereocenters. The Balaban J connectivity index is 1.92. The molecule has 0 aliphatic rings. The molecule has 6 nitrogen and oxygen atoms in total. The summed E-state index contributed by atoms with van der Waals surface area (Å²) in [6.45, 7) is 0.752. The van der Waals surface area contributed by atoms with E-state index in [-0.39, 0.29) is 0 Å². The van der Waals surface area contributed by atoms with Crippen molar-refractivity contribution in [3.05, 3.63) is 30.4 Å². The highest BCUT2D eigenvalue weighted by Gasteiger charge is 2.00. The van der Waals surface area contributed by atoms with Gasteiger partial charge in [0.15, 0.2) is 0 Å². The van der Waals surface area contributed by atoms with Gasteiger partial charge in [0.1, 0.15) is 17.9 Å². The molecule has 0 saturated heterocycles. The molecule has 2 aromatic rings. The van der Waals surface area contributed by atoms with Crippen molar-refractivity contribution >= 4 is 11.4 Å². The zero-order valence-corrected chi connectivity index (χ0v) is 9.60. The Bertz CT molecular complexity index is 469. The number of hydrogen-bond acceptors (Lipinski definition) is 5. The van der Waals surface area contributed by atoms with Gasteiger partial charge in [-0.05, 0) is 6.07 Å². The van der Waals surface area contributed by atoms with E-state index in [9.17, 15) is 0 Å². The van der Waals surface area contributed by atoms with Gasteiger partial charge in [0.2, 0.25) is 0 Å². The lowest BCUT2D eigenvalue weighted by atomic mass is 10.2. The molecule has 0 unspecified atom stereocenters. The number of aromatic amines is 1. The Morgan fingerprint density at radius 1 is 1.41 bits per heavy atom. The van der Waals surface area contributed by atoms with Gasteiger partial charge in [-0.15, -0.1) is 0 Å². The third-order valence-electron chi connectivity index (χ3n) is 2.32. The molecular weight excluding hydrogens is 218 g/mol. The maximum Gasteiger partial charge on any atom is 0.137 e. The molecule has 0 amide bonds. The van der Waals surface area contributed by atoms with E-state index in [1.54, 1.807) is 13.2 Å². The molecule has 0 aliphatic carbocycles. The second-order valence-electron chi connectivity index (χ2n) is 3.60. The van der Waals surface area contributed by atoms with Crippen molar-refractivity contribution in [2.24, 2.45) is 0 Å². The first-order valence-corrected chi connectivity index (χ1v) is 5.30. The van der Waals surface area contributed by atoms with Crippen LogP contribution in [0.2, 0.25) is 0 Å². The smallest absolute Gasteiger partial charge is 0.137 e. The molecular formula is C11H15N5O. The van der Waals surface area contributed by atoms with Gasteiger partial charge in [-0.3, -0.25) is 5.10 Å². The first kappa shape index (κ1) is 11.3. The molecule has 2 rings (SSSR count). The summed E-state index contributed by atoms with van der Waals surface area (Å²) in [6.07, 6.45) is 2.27. The molecule has 1 aromatic carbocycles. The Hall–Kier alpha value is -2.24. The quantitative estimate of drug-likeness (QED) is 0.672. The number of benzene rings is 1. The van der Waals surface area contributed by atoms with Crippen LogP contribution in [0.1, 0.15) is 5.82 Å². The monoisotopic (exact) mass is 233 g/mol. The topological polar surface area (TPSA) is 88.8 Å². The van der Waals surface area contributed by atoms with Crippen molar-refractivity contribution in [3.8, 4) is 5.75 Å². The predicted octanol–water partition coefficient (Wildman–Crippen LogP) is 1.05. The number of hydrogen-bond donors (Lipinski definition) is 3. The van der Waals surface area contributed by atoms with E-state index in [0.717, 1.165) is 30.2 Å². The van der Waals surface area contributed by atoms with Crippen LogP contribution in [0.15, 0.2) is 24.5 Å². The Morgan fingerprint density at radius 2 is 2.29 bits per heavy atom. The number of H-pyrrole nitrogens is 1. The average molecular weight is 233 g/mol. The zero-order chi connectivity index (χ0) is 12.1. The molecule has 0 bridgehead atoms. The number of methoxy groups -OCH3 is 1. The van der Waals surface area contributed by atoms with E-state index in [4.69, 9.17) is 10.5 Å². The molecule has 0 saturated carbocycles. The van der Waals surface area contributed by atoms with Gasteiger partial charge in [-0.25, -0.2) is 4.98 Å². The number of nitrogens with two attached hydrogens (primary N) is 1. The summed E-state index contributed by atoms with van der Waals surface area (Å²) in [5, 5.41) is 9.84. The van der Waals surface area contributed by atoms with E-state index in [1.165, 1.54) is 6.33 Å². The van der Waals surface area contributed by atoms with E-state index in [1.807, 2.05) is 12.1 Å². The molecule has 6 heteroatoms. The molecule has 0 fully saturated rings. The van der Waals surface area contributed by atoms with Crippen molar-refractivity contribution in [3.63, 3.8) is 0 Å². The van der Waals surface area contributed by atoms with E-state index in [2.05, 4.69) is 20.5 Å². The lowest BCUT2D eigenvalue weighted by molar-refractivity contribution is 0.415. The van der Waals surface area contributed by atoms with E-state index < -0.39 is 0 Å². The minimum absolute atomic E-state index is 0.673. The number of nitrogen functional groups attached to an aromatic ring is 1. The third kappa shape index (κ3) is 3.10. The van der Waals surface area contributed by atoms with Gasteiger partial charge < -0.3 is 15.8 Å². The summed E-state index contributed by atoms with van der Waals surface area (Å²) < 4.78 is 5.14. The van der Waals surface area contributed by atoms with Crippen molar-refractivity contribution in [1.82, 2.24) is 15.2 Å². The highest BCUT2D eigenvalue weighted by Crippen LogP contribution is 2.21. The summed E-state index contributed by atoms with van der Waals surface area (Å²) in [4.78, 5) is 4.04. The van der Waals surface area contributed by atoms with E-state index >= 15 is 0 Å². The fourth-order valence-corrected chi connectivity index (χ4v) is 1.52. The number of anilines is 2. The highest BCUT2D eigenvalue weighted by molar-refractivity contribution is 5.59. The van der Waals surface area contributed by atoms with Crippen molar-refractivity contribution in [2.75, 3.05) is 24.7 Å². The minimum atomic E-state index is 0.673. The molecule has 4 N–H and O–H groups in total. The van der Waals surface area contributed by atoms with Gasteiger partial charge in [0, 0.05) is 36.5 Å². The van der Waals surface area contributed by atoms with Crippen LogP contribution >= 0.6 is 0 Å².